The van der Waals surface area contributed by atoms with Crippen molar-refractivity contribution < 1.29 is 19.5 Å². The van der Waals surface area contributed by atoms with Crippen LogP contribution in [0.15, 0.2) is 53.4 Å². The molecule has 2 aromatic rings. The molecule has 0 aromatic heterocycles. The first kappa shape index (κ1) is 21.8. The van der Waals surface area contributed by atoms with Gasteiger partial charge in [0.15, 0.2) is 0 Å². The summed E-state index contributed by atoms with van der Waals surface area (Å²) in [6.07, 6.45) is 1.60. The van der Waals surface area contributed by atoms with E-state index in [-0.39, 0.29) is 30.2 Å². The largest absolute Gasteiger partial charge is 0.508 e. The molecular weight excluding hydrogens is 446 g/mol. The number of benzene rings is 2. The van der Waals surface area contributed by atoms with E-state index in [0.717, 1.165) is 11.8 Å². The summed E-state index contributed by atoms with van der Waals surface area (Å²) in [5.41, 5.74) is 5.42. The molecule has 1 heterocycles. The van der Waals surface area contributed by atoms with Crippen LogP contribution in [0, 0.1) is 0 Å². The first-order chi connectivity index (χ1) is 14.3. The van der Waals surface area contributed by atoms with Crippen LogP contribution in [0.2, 0.25) is 5.02 Å². The molecule has 1 aliphatic rings. The van der Waals surface area contributed by atoms with E-state index in [4.69, 9.17) is 23.8 Å². The number of hydrazine groups is 1. The number of aromatic hydroxyl groups is 1. The number of hydrogen-bond donors (Lipinski definition) is 3. The fourth-order valence-electron chi connectivity index (χ4n) is 2.55. The van der Waals surface area contributed by atoms with Crippen molar-refractivity contribution in [2.24, 2.45) is 0 Å². The van der Waals surface area contributed by atoms with Crippen molar-refractivity contribution in [2.75, 3.05) is 6.54 Å². The van der Waals surface area contributed by atoms with Crippen molar-refractivity contribution in [2.45, 2.75) is 6.42 Å². The lowest BCUT2D eigenvalue weighted by Crippen LogP contribution is -2.43. The average Bonchev–Trinajstić information content (AvgIpc) is 2.99. The normalized spacial score (nSPS) is 14.8. The molecule has 0 aliphatic carbocycles. The second-order valence-electron chi connectivity index (χ2n) is 6.16. The number of rotatable bonds is 5. The molecule has 1 fully saturated rings. The molecule has 7 nitrogen and oxygen atoms in total. The average molecular weight is 462 g/mol. The molecule has 10 heteroatoms. The number of thiocarbonyl (C=S) groups is 1. The topological polar surface area (TPSA) is 98.7 Å². The number of halogens is 1. The molecule has 3 rings (SSSR count). The maximum absolute atomic E-state index is 12.6. The summed E-state index contributed by atoms with van der Waals surface area (Å²) < 4.78 is 0.342. The zero-order chi connectivity index (χ0) is 21.7. The Kier molecular flexibility index (Phi) is 7.09. The van der Waals surface area contributed by atoms with Gasteiger partial charge in [-0.25, -0.2) is 0 Å². The van der Waals surface area contributed by atoms with Crippen LogP contribution in [-0.2, 0) is 9.59 Å². The molecular formula is C20H16ClN3O4S2. The summed E-state index contributed by atoms with van der Waals surface area (Å²) >= 11 is 12.5. The number of nitrogens with one attached hydrogen (secondary N) is 2. The Morgan fingerprint density at radius 1 is 1.17 bits per heavy atom. The quantitative estimate of drug-likeness (QED) is 0.359. The smallest absolute Gasteiger partial charge is 0.269 e. The third kappa shape index (κ3) is 5.38. The highest BCUT2D eigenvalue weighted by Crippen LogP contribution is 2.33. The highest BCUT2D eigenvalue weighted by Gasteiger charge is 2.32. The van der Waals surface area contributed by atoms with Crippen LogP contribution in [0.5, 0.6) is 5.75 Å². The molecule has 0 spiro atoms. The predicted molar refractivity (Wildman–Crippen MR) is 120 cm³/mol. The molecule has 1 aliphatic heterocycles. The van der Waals surface area contributed by atoms with Crippen molar-refractivity contribution >= 4 is 63.7 Å². The Hall–Kier alpha value is -2.88. The number of hydrogen-bond acceptors (Lipinski definition) is 6. The van der Waals surface area contributed by atoms with E-state index in [1.54, 1.807) is 24.3 Å². The van der Waals surface area contributed by atoms with E-state index >= 15 is 0 Å². The zero-order valence-electron chi connectivity index (χ0n) is 15.4. The third-order valence-electron chi connectivity index (χ3n) is 4.05. The van der Waals surface area contributed by atoms with Crippen molar-refractivity contribution in [1.82, 2.24) is 15.8 Å². The SMILES string of the molecule is O=C(CCN1C(=O)/C(=C/c2ccccc2Cl)SC1=S)NNC(=O)c1cccc(O)c1. The highest BCUT2D eigenvalue weighted by atomic mass is 35.5. The highest BCUT2D eigenvalue weighted by molar-refractivity contribution is 8.26. The van der Waals surface area contributed by atoms with Crippen molar-refractivity contribution in [3.05, 3.63) is 69.6 Å². The lowest BCUT2D eigenvalue weighted by molar-refractivity contribution is -0.124. The van der Waals surface area contributed by atoms with Gasteiger partial charge in [0.2, 0.25) is 5.91 Å². The Labute approximate surface area is 187 Å². The summed E-state index contributed by atoms with van der Waals surface area (Å²) in [6.45, 7) is 0.0678. The van der Waals surface area contributed by atoms with Crippen molar-refractivity contribution in [3.63, 3.8) is 0 Å². The monoisotopic (exact) mass is 461 g/mol. The maximum atomic E-state index is 12.6. The minimum absolute atomic E-state index is 0.0619. The van der Waals surface area contributed by atoms with Crippen LogP contribution in [0.1, 0.15) is 22.3 Å². The van der Waals surface area contributed by atoms with E-state index in [0.29, 0.717) is 19.8 Å². The molecule has 0 saturated carbocycles. The molecule has 2 aromatic carbocycles. The van der Waals surface area contributed by atoms with Crippen molar-refractivity contribution in [3.8, 4) is 5.75 Å². The molecule has 30 heavy (non-hydrogen) atoms. The van der Waals surface area contributed by atoms with Crippen molar-refractivity contribution in [1.29, 1.82) is 0 Å². The number of thioether (sulfide) groups is 1. The van der Waals surface area contributed by atoms with E-state index in [9.17, 15) is 19.5 Å². The molecule has 154 valence electrons. The summed E-state index contributed by atoms with van der Waals surface area (Å²) in [6, 6.07) is 12.8. The van der Waals surface area contributed by atoms with Crippen LogP contribution < -0.4 is 10.9 Å². The lowest BCUT2D eigenvalue weighted by atomic mass is 10.2. The predicted octanol–water partition coefficient (Wildman–Crippen LogP) is 3.10. The zero-order valence-corrected chi connectivity index (χ0v) is 17.8. The Morgan fingerprint density at radius 3 is 2.67 bits per heavy atom. The third-order valence-corrected chi connectivity index (χ3v) is 5.77. The number of amides is 3. The fraction of sp³-hybridized carbons (Fsp3) is 0.100. The second-order valence-corrected chi connectivity index (χ2v) is 8.24. The van der Waals surface area contributed by atoms with Gasteiger partial charge < -0.3 is 5.11 Å². The van der Waals surface area contributed by atoms with E-state index < -0.39 is 11.8 Å². The van der Waals surface area contributed by atoms with Gasteiger partial charge in [-0.15, -0.1) is 0 Å². The molecule has 1 saturated heterocycles. The van der Waals surface area contributed by atoms with Gasteiger partial charge in [0.25, 0.3) is 11.8 Å². The van der Waals surface area contributed by atoms with Gasteiger partial charge >= 0.3 is 0 Å². The Bertz CT molecular complexity index is 1060. The molecule has 0 radical (unpaired) electrons. The number of nitrogens with zero attached hydrogens (tertiary/aromatic N) is 1. The van der Waals surface area contributed by atoms with Crippen LogP contribution >= 0.6 is 35.6 Å². The first-order valence-electron chi connectivity index (χ1n) is 8.73. The summed E-state index contributed by atoms with van der Waals surface area (Å²) in [5, 5.41) is 9.91. The number of carbonyl (C=O) groups is 3. The van der Waals surface area contributed by atoms with Gasteiger partial charge in [-0.2, -0.15) is 0 Å². The van der Waals surface area contributed by atoms with Gasteiger partial charge in [0, 0.05) is 23.6 Å². The number of carbonyl (C=O) groups excluding carboxylic acids is 3. The molecule has 0 bridgehead atoms. The van der Waals surface area contributed by atoms with Gasteiger partial charge in [0.05, 0.1) is 4.91 Å². The van der Waals surface area contributed by atoms with E-state index in [1.807, 2.05) is 6.07 Å². The van der Waals surface area contributed by atoms with Gasteiger partial charge in [-0.3, -0.25) is 30.1 Å². The molecule has 0 unspecified atom stereocenters. The van der Waals surface area contributed by atoms with Gasteiger partial charge in [0.1, 0.15) is 10.1 Å². The summed E-state index contributed by atoms with van der Waals surface area (Å²) in [7, 11) is 0. The Balaban J connectivity index is 1.53. The molecule has 0 atom stereocenters. The van der Waals surface area contributed by atoms with Gasteiger partial charge in [-0.1, -0.05) is 59.8 Å². The van der Waals surface area contributed by atoms with E-state index in [2.05, 4.69) is 10.9 Å². The van der Waals surface area contributed by atoms with Crippen LogP contribution in [0.4, 0.5) is 0 Å². The van der Waals surface area contributed by atoms with Crippen LogP contribution in [-0.4, -0.2) is 38.6 Å². The Morgan fingerprint density at radius 2 is 1.93 bits per heavy atom. The van der Waals surface area contributed by atoms with Gasteiger partial charge in [-0.05, 0) is 35.9 Å². The lowest BCUT2D eigenvalue weighted by Gasteiger charge is -2.14. The minimum atomic E-state index is -0.576. The summed E-state index contributed by atoms with van der Waals surface area (Å²) in [4.78, 5) is 38.4. The maximum Gasteiger partial charge on any atom is 0.269 e. The summed E-state index contributed by atoms with van der Waals surface area (Å²) in [5.74, 6) is -1.44. The molecule has 3 N–H and O–H groups in total. The standard InChI is InChI=1S/C20H16ClN3O4S2/c21-15-7-2-1-4-12(15)11-16-19(28)24(20(29)30-16)9-8-17(26)22-23-18(27)13-5-3-6-14(25)10-13/h1-7,10-11,25H,8-9H2,(H,22,26)(H,23,27)/b16-11-. The van der Waals surface area contributed by atoms with E-state index in [1.165, 1.54) is 29.2 Å². The second kappa shape index (κ2) is 9.75. The fourth-order valence-corrected chi connectivity index (χ4v) is 4.04. The first-order valence-corrected chi connectivity index (χ1v) is 10.3. The number of phenolic OH excluding ortho intramolecular Hbond substituents is 1. The van der Waals surface area contributed by atoms with Crippen LogP contribution in [0.25, 0.3) is 6.08 Å². The van der Waals surface area contributed by atoms with Crippen LogP contribution in [0.3, 0.4) is 0 Å². The minimum Gasteiger partial charge on any atom is -0.508 e. The number of phenols is 1. The molecule has 3 amide bonds.